The van der Waals surface area contributed by atoms with Crippen LogP contribution in [0.5, 0.6) is 0 Å². The molecular weight excluding hydrogens is 365 g/mol. The fourth-order valence-electron chi connectivity index (χ4n) is 3.05. The summed E-state index contributed by atoms with van der Waals surface area (Å²) in [5.41, 5.74) is -0.245. The van der Waals surface area contributed by atoms with Gasteiger partial charge < -0.3 is 15.5 Å². The van der Waals surface area contributed by atoms with Gasteiger partial charge in [-0.15, -0.1) is 0 Å². The number of aryl methyl sites for hydroxylation is 1. The van der Waals surface area contributed by atoms with Crippen LogP contribution in [0.4, 0.5) is 23.8 Å². The first kappa shape index (κ1) is 19.2. The molecule has 0 bridgehead atoms. The molecule has 1 heterocycles. The number of aliphatic hydroxyl groups is 2. The molecule has 1 saturated carbocycles. The van der Waals surface area contributed by atoms with Gasteiger partial charge in [0.1, 0.15) is 5.82 Å². The van der Waals surface area contributed by atoms with Crippen molar-refractivity contribution in [2.45, 2.75) is 37.3 Å². The van der Waals surface area contributed by atoms with Crippen LogP contribution in [-0.4, -0.2) is 44.3 Å². The molecule has 1 aliphatic carbocycles. The molecule has 1 aromatic carbocycles. The van der Waals surface area contributed by atoms with Gasteiger partial charge in [0.05, 0.1) is 29.5 Å². The van der Waals surface area contributed by atoms with E-state index in [2.05, 4.69) is 15.7 Å². The first-order valence-corrected chi connectivity index (χ1v) is 8.29. The summed E-state index contributed by atoms with van der Waals surface area (Å²) in [7, 11) is 1.54. The molecule has 0 unspecified atom stereocenters. The number of alkyl halides is 3. The van der Waals surface area contributed by atoms with Gasteiger partial charge in [0.15, 0.2) is 0 Å². The number of nitrogens with one attached hydrogen (secondary N) is 2. The number of hydrogen-bond acceptors (Lipinski definition) is 4. The van der Waals surface area contributed by atoms with E-state index in [-0.39, 0.29) is 29.9 Å². The van der Waals surface area contributed by atoms with Gasteiger partial charge >= 0.3 is 12.2 Å². The van der Waals surface area contributed by atoms with E-state index in [0.29, 0.717) is 0 Å². The second kappa shape index (κ2) is 7.20. The average Bonchev–Trinajstić information content (AvgIpc) is 3.09. The summed E-state index contributed by atoms with van der Waals surface area (Å²) in [4.78, 5) is 12.1. The lowest BCUT2D eigenvalue weighted by Gasteiger charge is -2.16. The Hall–Kier alpha value is -2.59. The highest BCUT2D eigenvalue weighted by Crippen LogP contribution is 2.32. The Balaban J connectivity index is 1.72. The summed E-state index contributed by atoms with van der Waals surface area (Å²) in [6, 6.07) is 5.03. The van der Waals surface area contributed by atoms with E-state index in [1.165, 1.54) is 22.9 Å². The Morgan fingerprint density at radius 3 is 2.63 bits per heavy atom. The van der Waals surface area contributed by atoms with Gasteiger partial charge in [-0.25, -0.2) is 4.79 Å². The minimum atomic E-state index is -4.46. The van der Waals surface area contributed by atoms with Crippen molar-refractivity contribution in [1.82, 2.24) is 15.1 Å². The van der Waals surface area contributed by atoms with Crippen LogP contribution in [-0.2, 0) is 13.2 Å². The summed E-state index contributed by atoms with van der Waals surface area (Å²) in [6.07, 6.45) is -5.53. The number of aromatic nitrogens is 2. The predicted octanol–water partition coefficient (Wildman–Crippen LogP) is 2.11. The number of urea groups is 1. The number of carbonyl (C=O) groups is 1. The molecule has 146 valence electrons. The topological polar surface area (TPSA) is 99.4 Å². The third-order valence-corrected chi connectivity index (χ3v) is 4.43. The molecule has 3 atom stereocenters. The molecule has 2 amide bonds. The Morgan fingerprint density at radius 2 is 2.00 bits per heavy atom. The largest absolute Gasteiger partial charge is 0.416 e. The zero-order valence-electron chi connectivity index (χ0n) is 14.4. The van der Waals surface area contributed by atoms with Crippen molar-refractivity contribution in [3.8, 4) is 11.3 Å². The number of amides is 2. The SMILES string of the molecule is Cn1nc(-c2cccc(C(F)(F)F)c2)cc1NC(=O)N[C@@H]1C[C@H](O)C[C@H]1O. The zero-order chi connectivity index (χ0) is 19.8. The quantitative estimate of drug-likeness (QED) is 0.651. The normalized spacial score (nSPS) is 22.7. The summed E-state index contributed by atoms with van der Waals surface area (Å²) < 4.78 is 39.9. The van der Waals surface area contributed by atoms with Crippen LogP contribution in [0.3, 0.4) is 0 Å². The van der Waals surface area contributed by atoms with Gasteiger partial charge in [0, 0.05) is 25.1 Å². The maximum absolute atomic E-state index is 12.9. The molecule has 0 radical (unpaired) electrons. The number of rotatable bonds is 3. The van der Waals surface area contributed by atoms with Crippen LogP contribution in [0.15, 0.2) is 30.3 Å². The number of benzene rings is 1. The number of carbonyl (C=O) groups excluding carboxylic acids is 1. The Labute approximate surface area is 152 Å². The molecule has 1 aromatic heterocycles. The highest BCUT2D eigenvalue weighted by atomic mass is 19.4. The van der Waals surface area contributed by atoms with E-state index in [1.54, 1.807) is 7.05 Å². The van der Waals surface area contributed by atoms with E-state index in [1.807, 2.05) is 0 Å². The van der Waals surface area contributed by atoms with Crippen LogP contribution in [0.2, 0.25) is 0 Å². The molecular formula is C17H19F3N4O3. The summed E-state index contributed by atoms with van der Waals surface area (Å²) in [5.74, 6) is 0.271. The van der Waals surface area contributed by atoms with Crippen molar-refractivity contribution >= 4 is 11.8 Å². The molecule has 7 nitrogen and oxygen atoms in total. The van der Waals surface area contributed by atoms with Crippen LogP contribution in [0.1, 0.15) is 18.4 Å². The average molecular weight is 384 g/mol. The number of nitrogens with zero attached hydrogens (tertiary/aromatic N) is 2. The lowest BCUT2D eigenvalue weighted by molar-refractivity contribution is -0.137. The van der Waals surface area contributed by atoms with Crippen molar-refractivity contribution in [3.63, 3.8) is 0 Å². The highest BCUT2D eigenvalue weighted by Gasteiger charge is 2.33. The molecule has 0 aliphatic heterocycles. The van der Waals surface area contributed by atoms with Crippen molar-refractivity contribution < 1.29 is 28.2 Å². The second-order valence-corrected chi connectivity index (χ2v) is 6.51. The molecule has 0 saturated heterocycles. The third-order valence-electron chi connectivity index (χ3n) is 4.43. The van der Waals surface area contributed by atoms with Crippen LogP contribution >= 0.6 is 0 Å². The van der Waals surface area contributed by atoms with Crippen molar-refractivity contribution in [2.75, 3.05) is 5.32 Å². The standard InChI is InChI=1S/C17H19F3N4O3/c1-24-15(22-16(27)21-13-6-11(25)7-14(13)26)8-12(23-24)9-3-2-4-10(5-9)17(18,19)20/h2-5,8,11,13-14,25-26H,6-7H2,1H3,(H2,21,22,27)/t11-,13+,14+/m0/s1. The molecule has 27 heavy (non-hydrogen) atoms. The van der Waals surface area contributed by atoms with Crippen molar-refractivity contribution in [2.24, 2.45) is 7.05 Å². The second-order valence-electron chi connectivity index (χ2n) is 6.51. The fourth-order valence-corrected chi connectivity index (χ4v) is 3.05. The molecule has 4 N–H and O–H groups in total. The fraction of sp³-hybridized carbons (Fsp3) is 0.412. The van der Waals surface area contributed by atoms with Crippen molar-refractivity contribution in [1.29, 1.82) is 0 Å². The van der Waals surface area contributed by atoms with E-state index in [9.17, 15) is 28.2 Å². The van der Waals surface area contributed by atoms with Gasteiger partial charge in [-0.05, 0) is 18.6 Å². The zero-order valence-corrected chi connectivity index (χ0v) is 14.4. The predicted molar refractivity (Wildman–Crippen MR) is 90.8 cm³/mol. The smallest absolute Gasteiger partial charge is 0.393 e. The minimum Gasteiger partial charge on any atom is -0.393 e. The number of aliphatic hydroxyl groups excluding tert-OH is 2. The van der Waals surface area contributed by atoms with E-state index in [4.69, 9.17) is 0 Å². The lowest BCUT2D eigenvalue weighted by Crippen LogP contribution is -2.42. The number of halogens is 3. The number of anilines is 1. The highest BCUT2D eigenvalue weighted by molar-refractivity contribution is 5.89. The van der Waals surface area contributed by atoms with E-state index < -0.39 is 36.0 Å². The number of hydrogen-bond donors (Lipinski definition) is 4. The first-order valence-electron chi connectivity index (χ1n) is 8.29. The van der Waals surface area contributed by atoms with Crippen molar-refractivity contribution in [3.05, 3.63) is 35.9 Å². The van der Waals surface area contributed by atoms with Crippen LogP contribution < -0.4 is 10.6 Å². The third kappa shape index (κ3) is 4.40. The first-order chi connectivity index (χ1) is 12.6. The molecule has 2 aromatic rings. The van der Waals surface area contributed by atoms with Gasteiger partial charge in [0.25, 0.3) is 0 Å². The van der Waals surface area contributed by atoms with Gasteiger partial charge in [-0.3, -0.25) is 10.00 Å². The van der Waals surface area contributed by atoms with Gasteiger partial charge in [0.2, 0.25) is 0 Å². The lowest BCUT2D eigenvalue weighted by atomic mass is 10.1. The molecule has 1 fully saturated rings. The van der Waals surface area contributed by atoms with Crippen LogP contribution in [0.25, 0.3) is 11.3 Å². The Morgan fingerprint density at radius 1 is 1.26 bits per heavy atom. The molecule has 10 heteroatoms. The minimum absolute atomic E-state index is 0.191. The molecule has 0 spiro atoms. The molecule has 1 aliphatic rings. The van der Waals surface area contributed by atoms with E-state index >= 15 is 0 Å². The van der Waals surface area contributed by atoms with E-state index in [0.717, 1.165) is 12.1 Å². The van der Waals surface area contributed by atoms with Crippen LogP contribution in [0, 0.1) is 0 Å². The summed E-state index contributed by atoms with van der Waals surface area (Å²) >= 11 is 0. The summed E-state index contributed by atoms with van der Waals surface area (Å²) in [6.45, 7) is 0. The maximum atomic E-state index is 12.9. The maximum Gasteiger partial charge on any atom is 0.416 e. The van der Waals surface area contributed by atoms with Gasteiger partial charge in [-0.2, -0.15) is 18.3 Å². The monoisotopic (exact) mass is 384 g/mol. The summed E-state index contributed by atoms with van der Waals surface area (Å²) in [5, 5.41) is 28.5. The van der Waals surface area contributed by atoms with Gasteiger partial charge in [-0.1, -0.05) is 12.1 Å². The molecule has 3 rings (SSSR count). The Kier molecular flexibility index (Phi) is 5.11. The Bertz CT molecular complexity index is 837.